The Morgan fingerprint density at radius 2 is 1.64 bits per heavy atom. The molecule has 3 rings (SSSR count). The van der Waals surface area contributed by atoms with E-state index in [0.717, 1.165) is 5.69 Å². The number of ether oxygens (including phenoxy) is 2. The van der Waals surface area contributed by atoms with Crippen molar-refractivity contribution in [2.75, 3.05) is 17.7 Å². The van der Waals surface area contributed by atoms with Gasteiger partial charge in [0.1, 0.15) is 29.3 Å². The zero-order valence-electron chi connectivity index (χ0n) is 16.0. The number of hydrogen-bond acceptors (Lipinski definition) is 6. The fourth-order valence-corrected chi connectivity index (χ4v) is 2.55. The number of rotatable bonds is 7. The summed E-state index contributed by atoms with van der Waals surface area (Å²) in [7, 11) is 1.59. The molecule has 1 heterocycles. The number of carbonyl (C=O) groups excluding carboxylic acids is 1. The number of carbonyl (C=O) groups is 1. The van der Waals surface area contributed by atoms with Gasteiger partial charge < -0.3 is 20.1 Å². The average molecular weight is 378 g/mol. The number of amides is 1. The van der Waals surface area contributed by atoms with Crippen LogP contribution in [0.3, 0.4) is 0 Å². The third kappa shape index (κ3) is 4.76. The molecule has 0 atom stereocenters. The van der Waals surface area contributed by atoms with Crippen LogP contribution in [-0.4, -0.2) is 29.1 Å². The lowest BCUT2D eigenvalue weighted by atomic mass is 10.2. The third-order valence-corrected chi connectivity index (χ3v) is 3.77. The zero-order valence-corrected chi connectivity index (χ0v) is 16.0. The minimum absolute atomic E-state index is 0.00578. The standard InChI is InChI=1S/C21H22N4O3/c1-14(2)28-19-11-7-5-9-16(19)25-21(26)17-12-20(23-13-22-17)24-15-8-4-6-10-18(15)27-3/h4-14H,1-3H3,(H,25,26)(H,22,23,24). The first-order chi connectivity index (χ1) is 13.6. The van der Waals surface area contributed by atoms with Crippen molar-refractivity contribution in [3.05, 3.63) is 66.6 Å². The van der Waals surface area contributed by atoms with Crippen molar-refractivity contribution in [1.82, 2.24) is 9.97 Å². The number of benzene rings is 2. The first-order valence-electron chi connectivity index (χ1n) is 8.86. The maximum Gasteiger partial charge on any atom is 0.274 e. The molecule has 3 aromatic rings. The van der Waals surface area contributed by atoms with Crippen LogP contribution in [0.5, 0.6) is 11.5 Å². The van der Waals surface area contributed by atoms with E-state index in [1.54, 1.807) is 19.2 Å². The van der Waals surface area contributed by atoms with Gasteiger partial charge in [-0.25, -0.2) is 9.97 Å². The maximum atomic E-state index is 12.7. The normalized spacial score (nSPS) is 10.4. The molecule has 0 saturated heterocycles. The van der Waals surface area contributed by atoms with Crippen molar-refractivity contribution < 1.29 is 14.3 Å². The minimum atomic E-state index is -0.356. The molecular formula is C21H22N4O3. The van der Waals surface area contributed by atoms with Gasteiger partial charge in [0.05, 0.1) is 24.6 Å². The number of nitrogens with one attached hydrogen (secondary N) is 2. The van der Waals surface area contributed by atoms with Gasteiger partial charge in [0.25, 0.3) is 5.91 Å². The van der Waals surface area contributed by atoms with Crippen molar-refractivity contribution in [3.8, 4) is 11.5 Å². The molecule has 0 bridgehead atoms. The first kappa shape index (κ1) is 19.2. The highest BCUT2D eigenvalue weighted by Crippen LogP contribution is 2.27. The highest BCUT2D eigenvalue weighted by atomic mass is 16.5. The highest BCUT2D eigenvalue weighted by molar-refractivity contribution is 6.04. The van der Waals surface area contributed by atoms with E-state index in [9.17, 15) is 4.79 Å². The second-order valence-corrected chi connectivity index (χ2v) is 6.23. The molecule has 28 heavy (non-hydrogen) atoms. The molecule has 0 aliphatic rings. The first-order valence-corrected chi connectivity index (χ1v) is 8.86. The van der Waals surface area contributed by atoms with Crippen LogP contribution in [-0.2, 0) is 0 Å². The highest BCUT2D eigenvalue weighted by Gasteiger charge is 2.13. The molecule has 0 aliphatic carbocycles. The summed E-state index contributed by atoms with van der Waals surface area (Å²) in [5, 5.41) is 5.98. The lowest BCUT2D eigenvalue weighted by Crippen LogP contribution is -2.16. The average Bonchev–Trinajstić information content (AvgIpc) is 2.70. The Morgan fingerprint density at radius 1 is 0.964 bits per heavy atom. The van der Waals surface area contributed by atoms with Crippen LogP contribution in [0.25, 0.3) is 0 Å². The molecule has 1 amide bonds. The van der Waals surface area contributed by atoms with Gasteiger partial charge in [0.2, 0.25) is 0 Å². The zero-order chi connectivity index (χ0) is 19.9. The van der Waals surface area contributed by atoms with Crippen LogP contribution in [0, 0.1) is 0 Å². The van der Waals surface area contributed by atoms with E-state index in [4.69, 9.17) is 9.47 Å². The quantitative estimate of drug-likeness (QED) is 0.639. The van der Waals surface area contributed by atoms with Crippen LogP contribution < -0.4 is 20.1 Å². The SMILES string of the molecule is COc1ccccc1Nc1cc(C(=O)Nc2ccccc2OC(C)C)ncn1. The van der Waals surface area contributed by atoms with Gasteiger partial charge in [-0.3, -0.25) is 4.79 Å². The fourth-order valence-electron chi connectivity index (χ4n) is 2.55. The summed E-state index contributed by atoms with van der Waals surface area (Å²) in [6.45, 7) is 3.86. The number of para-hydroxylation sites is 4. The Morgan fingerprint density at radius 3 is 2.36 bits per heavy atom. The third-order valence-electron chi connectivity index (χ3n) is 3.77. The molecule has 7 heteroatoms. The van der Waals surface area contributed by atoms with Crippen LogP contribution >= 0.6 is 0 Å². The van der Waals surface area contributed by atoms with Crippen molar-refractivity contribution in [3.63, 3.8) is 0 Å². The Balaban J connectivity index is 1.78. The summed E-state index contributed by atoms with van der Waals surface area (Å²) < 4.78 is 11.1. The van der Waals surface area contributed by atoms with Crippen LogP contribution in [0.4, 0.5) is 17.2 Å². The summed E-state index contributed by atoms with van der Waals surface area (Å²) in [6.07, 6.45) is 1.33. The number of methoxy groups -OCH3 is 1. The second kappa shape index (κ2) is 8.85. The second-order valence-electron chi connectivity index (χ2n) is 6.23. The maximum absolute atomic E-state index is 12.7. The van der Waals surface area contributed by atoms with Gasteiger partial charge in [0.15, 0.2) is 0 Å². The largest absolute Gasteiger partial charge is 0.495 e. The van der Waals surface area contributed by atoms with Crippen LogP contribution in [0.1, 0.15) is 24.3 Å². The van der Waals surface area contributed by atoms with E-state index >= 15 is 0 Å². The van der Waals surface area contributed by atoms with Gasteiger partial charge in [0, 0.05) is 6.07 Å². The summed E-state index contributed by atoms with van der Waals surface area (Å²) in [5.74, 6) is 1.40. The Labute approximate surface area is 163 Å². The molecular weight excluding hydrogens is 356 g/mol. The summed E-state index contributed by atoms with van der Waals surface area (Å²) in [4.78, 5) is 20.9. The number of anilines is 3. The number of aromatic nitrogens is 2. The van der Waals surface area contributed by atoms with Crippen molar-refractivity contribution in [2.24, 2.45) is 0 Å². The van der Waals surface area contributed by atoms with Crippen LogP contribution in [0.2, 0.25) is 0 Å². The fraction of sp³-hybridized carbons (Fsp3) is 0.190. The summed E-state index contributed by atoms with van der Waals surface area (Å²) >= 11 is 0. The Bertz CT molecular complexity index is 960. The lowest BCUT2D eigenvalue weighted by molar-refractivity contribution is 0.102. The minimum Gasteiger partial charge on any atom is -0.495 e. The van der Waals surface area contributed by atoms with E-state index in [1.807, 2.05) is 56.3 Å². The predicted octanol–water partition coefficient (Wildman–Crippen LogP) is 4.27. The number of nitrogens with zero attached hydrogens (tertiary/aromatic N) is 2. The molecule has 0 fully saturated rings. The van der Waals surface area contributed by atoms with Crippen LogP contribution in [0.15, 0.2) is 60.9 Å². The molecule has 2 aromatic carbocycles. The molecule has 0 aliphatic heterocycles. The lowest BCUT2D eigenvalue weighted by Gasteiger charge is -2.15. The van der Waals surface area contributed by atoms with Gasteiger partial charge in [-0.1, -0.05) is 24.3 Å². The summed E-state index contributed by atoms with van der Waals surface area (Å²) in [5.41, 5.74) is 1.55. The smallest absolute Gasteiger partial charge is 0.274 e. The molecule has 0 saturated carbocycles. The van der Waals surface area contributed by atoms with Crippen molar-refractivity contribution in [1.29, 1.82) is 0 Å². The Hall–Kier alpha value is -3.61. The molecule has 1 aromatic heterocycles. The Kier molecular flexibility index (Phi) is 6.06. The van der Waals surface area contributed by atoms with Gasteiger partial charge >= 0.3 is 0 Å². The topological polar surface area (TPSA) is 85.4 Å². The van der Waals surface area contributed by atoms with Gasteiger partial charge in [-0.15, -0.1) is 0 Å². The van der Waals surface area contributed by atoms with Gasteiger partial charge in [-0.2, -0.15) is 0 Å². The monoisotopic (exact) mass is 378 g/mol. The molecule has 2 N–H and O–H groups in total. The molecule has 0 spiro atoms. The van der Waals surface area contributed by atoms with Crippen molar-refractivity contribution in [2.45, 2.75) is 20.0 Å². The van der Waals surface area contributed by atoms with E-state index in [2.05, 4.69) is 20.6 Å². The number of hydrogen-bond donors (Lipinski definition) is 2. The van der Waals surface area contributed by atoms with E-state index < -0.39 is 0 Å². The van der Waals surface area contributed by atoms with Gasteiger partial charge in [-0.05, 0) is 38.1 Å². The van der Waals surface area contributed by atoms with Crippen molar-refractivity contribution >= 4 is 23.1 Å². The summed E-state index contributed by atoms with van der Waals surface area (Å²) in [6, 6.07) is 16.3. The molecule has 144 valence electrons. The predicted molar refractivity (Wildman–Crippen MR) is 108 cm³/mol. The van der Waals surface area contributed by atoms with E-state index in [1.165, 1.54) is 6.33 Å². The van der Waals surface area contributed by atoms with E-state index in [0.29, 0.717) is 23.0 Å². The van der Waals surface area contributed by atoms with E-state index in [-0.39, 0.29) is 17.7 Å². The molecule has 7 nitrogen and oxygen atoms in total. The molecule has 0 unspecified atom stereocenters. The molecule has 0 radical (unpaired) electrons.